The zero-order valence-corrected chi connectivity index (χ0v) is 11.8. The maximum atomic E-state index is 13.2. The number of hydrogen-bond donors (Lipinski definition) is 1. The van der Waals surface area contributed by atoms with Gasteiger partial charge in [0.05, 0.1) is 6.61 Å². The molecule has 0 bridgehead atoms. The van der Waals surface area contributed by atoms with E-state index >= 15 is 0 Å². The summed E-state index contributed by atoms with van der Waals surface area (Å²) >= 11 is 0. The summed E-state index contributed by atoms with van der Waals surface area (Å²) in [6, 6.07) is -1.01. The lowest BCUT2D eigenvalue weighted by molar-refractivity contribution is -0.130. The molecular formula is C14H20F2N2O3. The van der Waals surface area contributed by atoms with Crippen LogP contribution in [0, 0.1) is 11.8 Å². The molecule has 0 aromatic rings. The van der Waals surface area contributed by atoms with Gasteiger partial charge in [0.25, 0.3) is 5.91 Å². The third-order valence-electron chi connectivity index (χ3n) is 4.67. The lowest BCUT2D eigenvalue weighted by Gasteiger charge is -2.26. The lowest BCUT2D eigenvalue weighted by Crippen LogP contribution is -2.41. The predicted molar refractivity (Wildman–Crippen MR) is 69.9 cm³/mol. The van der Waals surface area contributed by atoms with E-state index in [0.29, 0.717) is 19.6 Å². The van der Waals surface area contributed by atoms with Gasteiger partial charge in [-0.2, -0.15) is 0 Å². The van der Waals surface area contributed by atoms with Gasteiger partial charge in [-0.1, -0.05) is 0 Å². The van der Waals surface area contributed by atoms with Crippen molar-refractivity contribution in [2.24, 2.45) is 11.8 Å². The van der Waals surface area contributed by atoms with Crippen LogP contribution in [0.1, 0.15) is 32.1 Å². The van der Waals surface area contributed by atoms with Gasteiger partial charge in [-0.05, 0) is 25.2 Å². The second-order valence-corrected chi connectivity index (χ2v) is 6.32. The highest BCUT2D eigenvalue weighted by Crippen LogP contribution is 2.39. The van der Waals surface area contributed by atoms with Crippen molar-refractivity contribution in [2.75, 3.05) is 19.8 Å². The predicted octanol–water partition coefficient (Wildman–Crippen LogP) is 1.77. The largest absolute Gasteiger partial charge is 0.381 e. The van der Waals surface area contributed by atoms with Gasteiger partial charge < -0.3 is 10.1 Å². The summed E-state index contributed by atoms with van der Waals surface area (Å²) in [4.78, 5) is 25.4. The van der Waals surface area contributed by atoms with Crippen molar-refractivity contribution in [1.29, 1.82) is 0 Å². The summed E-state index contributed by atoms with van der Waals surface area (Å²) < 4.78 is 31.8. The minimum atomic E-state index is -2.65. The van der Waals surface area contributed by atoms with E-state index in [4.69, 9.17) is 4.74 Å². The highest BCUT2D eigenvalue weighted by molar-refractivity contribution is 6.04. The number of rotatable bonds is 3. The molecule has 3 aliphatic rings. The molecule has 3 rings (SSSR count). The Bertz CT molecular complexity index is 438. The van der Waals surface area contributed by atoms with Crippen LogP contribution in [0.3, 0.4) is 0 Å². The Labute approximate surface area is 122 Å². The Morgan fingerprint density at radius 3 is 2.76 bits per heavy atom. The fraction of sp³-hybridized carbons (Fsp3) is 0.857. The molecule has 0 radical (unpaired) electrons. The van der Waals surface area contributed by atoms with Gasteiger partial charge >= 0.3 is 6.03 Å². The molecular weight excluding hydrogens is 282 g/mol. The van der Waals surface area contributed by atoms with Crippen LogP contribution in [0.25, 0.3) is 0 Å². The number of alkyl halides is 2. The summed E-state index contributed by atoms with van der Waals surface area (Å²) in [5.41, 5.74) is 0. The summed E-state index contributed by atoms with van der Waals surface area (Å²) in [7, 11) is 0. The molecule has 1 N–H and O–H groups in total. The summed E-state index contributed by atoms with van der Waals surface area (Å²) in [5.74, 6) is -3.24. The molecule has 118 valence electrons. The molecule has 0 aromatic heterocycles. The second-order valence-electron chi connectivity index (χ2n) is 6.32. The summed E-state index contributed by atoms with van der Waals surface area (Å²) in [6.07, 6.45) is 1.69. The Balaban J connectivity index is 1.61. The quantitative estimate of drug-likeness (QED) is 0.808. The maximum absolute atomic E-state index is 13.2. The molecule has 7 heteroatoms. The highest BCUT2D eigenvalue weighted by atomic mass is 19.3. The van der Waals surface area contributed by atoms with Crippen LogP contribution < -0.4 is 5.32 Å². The molecule has 3 amide bonds. The van der Waals surface area contributed by atoms with Gasteiger partial charge in [-0.15, -0.1) is 0 Å². The van der Waals surface area contributed by atoms with Crippen LogP contribution in [0.4, 0.5) is 13.6 Å². The zero-order valence-electron chi connectivity index (χ0n) is 11.8. The van der Waals surface area contributed by atoms with Crippen LogP contribution in [0.15, 0.2) is 0 Å². The fourth-order valence-corrected chi connectivity index (χ4v) is 3.52. The Hall–Kier alpha value is -1.24. The van der Waals surface area contributed by atoms with E-state index in [2.05, 4.69) is 5.32 Å². The van der Waals surface area contributed by atoms with E-state index in [1.54, 1.807) is 0 Å². The smallest absolute Gasteiger partial charge is 0.324 e. The lowest BCUT2D eigenvalue weighted by atomic mass is 9.93. The van der Waals surface area contributed by atoms with Gasteiger partial charge in [-0.3, -0.25) is 9.69 Å². The van der Waals surface area contributed by atoms with Crippen molar-refractivity contribution >= 4 is 11.9 Å². The van der Waals surface area contributed by atoms with Crippen LogP contribution in [-0.4, -0.2) is 48.6 Å². The number of ether oxygens (including phenoxy) is 1. The second kappa shape index (κ2) is 5.51. The molecule has 0 spiro atoms. The van der Waals surface area contributed by atoms with Crippen molar-refractivity contribution in [1.82, 2.24) is 10.2 Å². The molecule has 5 nitrogen and oxygen atoms in total. The fourth-order valence-electron chi connectivity index (χ4n) is 3.52. The van der Waals surface area contributed by atoms with Crippen LogP contribution >= 0.6 is 0 Å². The molecule has 2 aliphatic heterocycles. The van der Waals surface area contributed by atoms with Crippen molar-refractivity contribution < 1.29 is 23.1 Å². The van der Waals surface area contributed by atoms with Crippen molar-refractivity contribution in [3.8, 4) is 0 Å². The van der Waals surface area contributed by atoms with Gasteiger partial charge in [0.2, 0.25) is 5.92 Å². The molecule has 0 aromatic carbocycles. The maximum Gasteiger partial charge on any atom is 0.324 e. The average molecular weight is 302 g/mol. The third-order valence-corrected chi connectivity index (χ3v) is 4.67. The molecule has 3 atom stereocenters. The zero-order chi connectivity index (χ0) is 15.0. The highest BCUT2D eigenvalue weighted by Gasteiger charge is 2.46. The van der Waals surface area contributed by atoms with Gasteiger partial charge in [-0.25, -0.2) is 13.6 Å². The van der Waals surface area contributed by atoms with E-state index in [1.165, 1.54) is 0 Å². The number of hydrogen-bond acceptors (Lipinski definition) is 3. The van der Waals surface area contributed by atoms with E-state index in [-0.39, 0.29) is 37.1 Å². The first-order chi connectivity index (χ1) is 9.96. The average Bonchev–Trinajstić information content (AvgIpc) is 2.94. The van der Waals surface area contributed by atoms with E-state index in [9.17, 15) is 18.4 Å². The van der Waals surface area contributed by atoms with Gasteiger partial charge in [0, 0.05) is 31.9 Å². The minimum absolute atomic E-state index is 0.00906. The summed E-state index contributed by atoms with van der Waals surface area (Å²) in [5, 5.41) is 2.69. The van der Waals surface area contributed by atoms with Crippen molar-refractivity contribution in [3.05, 3.63) is 0 Å². The Kier molecular flexibility index (Phi) is 3.86. The number of amides is 3. The number of nitrogens with zero attached hydrogens (tertiary/aromatic N) is 1. The Morgan fingerprint density at radius 1 is 1.33 bits per heavy atom. The standard InChI is InChI=1S/C14H20F2N2O3/c15-14(16)4-3-9(6-14)7-18-12(19)11(17-13(18)20)10-2-1-5-21-8-10/h9-11H,1-8H2,(H,17,20). The number of halogens is 2. The van der Waals surface area contributed by atoms with E-state index in [1.807, 2.05) is 0 Å². The van der Waals surface area contributed by atoms with Crippen LogP contribution in [0.5, 0.6) is 0 Å². The van der Waals surface area contributed by atoms with Gasteiger partial charge in [0.1, 0.15) is 6.04 Å². The molecule has 2 heterocycles. The van der Waals surface area contributed by atoms with Crippen molar-refractivity contribution in [2.45, 2.75) is 44.1 Å². The normalized spacial score (nSPS) is 36.1. The van der Waals surface area contributed by atoms with Crippen LogP contribution in [0.2, 0.25) is 0 Å². The Morgan fingerprint density at radius 2 is 2.14 bits per heavy atom. The monoisotopic (exact) mass is 302 g/mol. The molecule has 1 saturated carbocycles. The first kappa shape index (κ1) is 14.7. The number of carbonyl (C=O) groups excluding carboxylic acids is 2. The van der Waals surface area contributed by atoms with E-state index in [0.717, 1.165) is 17.7 Å². The van der Waals surface area contributed by atoms with Crippen molar-refractivity contribution in [3.63, 3.8) is 0 Å². The number of carbonyl (C=O) groups is 2. The minimum Gasteiger partial charge on any atom is -0.381 e. The molecule has 2 saturated heterocycles. The molecule has 1 aliphatic carbocycles. The molecule has 21 heavy (non-hydrogen) atoms. The van der Waals surface area contributed by atoms with E-state index < -0.39 is 18.0 Å². The van der Waals surface area contributed by atoms with Crippen LogP contribution in [-0.2, 0) is 9.53 Å². The third kappa shape index (κ3) is 3.02. The summed E-state index contributed by atoms with van der Waals surface area (Å²) in [6.45, 7) is 1.25. The first-order valence-electron chi connectivity index (χ1n) is 7.54. The topological polar surface area (TPSA) is 58.6 Å². The SMILES string of the molecule is O=C1NC(C2CCCOC2)C(=O)N1CC1CCC(F)(F)C1. The van der Waals surface area contributed by atoms with Gasteiger partial charge in [0.15, 0.2) is 0 Å². The number of urea groups is 1. The number of imide groups is 1. The molecule has 3 fully saturated rings. The number of nitrogens with one attached hydrogen (secondary N) is 1. The first-order valence-corrected chi connectivity index (χ1v) is 7.54. The molecule has 3 unspecified atom stereocenters.